The van der Waals surface area contributed by atoms with Crippen molar-refractivity contribution in [3.63, 3.8) is 0 Å². The number of nitrogens with two attached hydrogens (primary N) is 1. The minimum absolute atomic E-state index is 0.0243. The molecule has 2 aliphatic rings. The van der Waals surface area contributed by atoms with Gasteiger partial charge in [0.15, 0.2) is 0 Å². The van der Waals surface area contributed by atoms with E-state index in [4.69, 9.17) is 17.3 Å². The standard InChI is InChI=1S/C19H27ClN4O/c1-2-17(20)5-3-4-15-8-11-24(12-9-15)13-10-22-19(25)16-6-7-18(21)23-14-16/h2-7,15-16H,1,8-14H2,(H2,21,23)(H,22,25)/b4-3+,17-5+. The Morgan fingerprint density at radius 1 is 1.48 bits per heavy atom. The molecule has 2 rings (SSSR count). The highest BCUT2D eigenvalue weighted by molar-refractivity contribution is 6.31. The van der Waals surface area contributed by atoms with Gasteiger partial charge in [-0.1, -0.05) is 42.5 Å². The summed E-state index contributed by atoms with van der Waals surface area (Å²) in [6, 6.07) is 0. The molecule has 25 heavy (non-hydrogen) atoms. The van der Waals surface area contributed by atoms with Crippen molar-refractivity contribution in [2.75, 3.05) is 32.7 Å². The minimum atomic E-state index is -0.196. The summed E-state index contributed by atoms with van der Waals surface area (Å²) in [5.41, 5.74) is 5.56. The van der Waals surface area contributed by atoms with Crippen molar-refractivity contribution >= 4 is 23.3 Å². The van der Waals surface area contributed by atoms with E-state index in [1.807, 2.05) is 18.2 Å². The molecular weight excluding hydrogens is 336 g/mol. The Hall–Kier alpha value is -1.85. The molecule has 0 aromatic heterocycles. The molecule has 5 nitrogen and oxygen atoms in total. The van der Waals surface area contributed by atoms with Gasteiger partial charge in [0.05, 0.1) is 12.5 Å². The van der Waals surface area contributed by atoms with Crippen LogP contribution < -0.4 is 11.1 Å². The van der Waals surface area contributed by atoms with Crippen LogP contribution in [-0.4, -0.2) is 49.4 Å². The molecule has 136 valence electrons. The van der Waals surface area contributed by atoms with Crippen LogP contribution in [0.3, 0.4) is 0 Å². The molecule has 0 aromatic carbocycles. The Labute approximate surface area is 155 Å². The van der Waals surface area contributed by atoms with Crippen molar-refractivity contribution in [1.82, 2.24) is 10.2 Å². The van der Waals surface area contributed by atoms with Gasteiger partial charge in [-0.2, -0.15) is 0 Å². The molecule has 2 heterocycles. The van der Waals surface area contributed by atoms with E-state index >= 15 is 0 Å². The third kappa shape index (κ3) is 6.88. The number of aliphatic imine (C=N–C) groups is 1. The largest absolute Gasteiger partial charge is 0.384 e. The number of rotatable bonds is 7. The lowest BCUT2D eigenvalue weighted by molar-refractivity contribution is -0.123. The van der Waals surface area contributed by atoms with Crippen LogP contribution in [0, 0.1) is 11.8 Å². The number of likely N-dealkylation sites (tertiary alicyclic amines) is 1. The fourth-order valence-electron chi connectivity index (χ4n) is 2.91. The van der Waals surface area contributed by atoms with Gasteiger partial charge in [-0.3, -0.25) is 9.79 Å². The molecule has 3 N–H and O–H groups in total. The number of carbonyl (C=O) groups is 1. The van der Waals surface area contributed by atoms with E-state index in [-0.39, 0.29) is 11.8 Å². The first-order chi connectivity index (χ1) is 12.1. The highest BCUT2D eigenvalue weighted by Gasteiger charge is 2.19. The molecule has 1 unspecified atom stereocenters. The molecule has 0 spiro atoms. The van der Waals surface area contributed by atoms with Gasteiger partial charge in [0.25, 0.3) is 0 Å². The molecule has 0 aliphatic carbocycles. The summed E-state index contributed by atoms with van der Waals surface area (Å²) in [7, 11) is 0. The number of nitrogens with one attached hydrogen (secondary N) is 1. The fraction of sp³-hybridized carbons (Fsp3) is 0.474. The van der Waals surface area contributed by atoms with E-state index in [1.54, 1.807) is 12.2 Å². The Morgan fingerprint density at radius 2 is 2.24 bits per heavy atom. The number of nitrogens with zero attached hydrogens (tertiary/aromatic N) is 2. The van der Waals surface area contributed by atoms with Gasteiger partial charge in [-0.15, -0.1) is 0 Å². The van der Waals surface area contributed by atoms with Gasteiger partial charge in [0.1, 0.15) is 5.84 Å². The summed E-state index contributed by atoms with van der Waals surface area (Å²) in [4.78, 5) is 18.6. The first-order valence-electron chi connectivity index (χ1n) is 8.73. The molecule has 6 heteroatoms. The van der Waals surface area contributed by atoms with Crippen molar-refractivity contribution in [1.29, 1.82) is 0 Å². The van der Waals surface area contributed by atoms with Crippen molar-refractivity contribution in [3.8, 4) is 0 Å². The average Bonchev–Trinajstić information content (AvgIpc) is 2.63. The lowest BCUT2D eigenvalue weighted by atomic mass is 9.96. The number of carbonyl (C=O) groups excluding carboxylic acids is 1. The summed E-state index contributed by atoms with van der Waals surface area (Å²) in [6.45, 7) is 7.71. The molecule has 2 aliphatic heterocycles. The van der Waals surface area contributed by atoms with Crippen molar-refractivity contribution in [3.05, 3.63) is 48.1 Å². The lowest BCUT2D eigenvalue weighted by Gasteiger charge is -2.30. The van der Waals surface area contributed by atoms with Crippen LogP contribution in [0.25, 0.3) is 0 Å². The van der Waals surface area contributed by atoms with Crippen LogP contribution in [0.1, 0.15) is 12.8 Å². The van der Waals surface area contributed by atoms with Gasteiger partial charge in [0, 0.05) is 18.1 Å². The van der Waals surface area contributed by atoms with Gasteiger partial charge in [0.2, 0.25) is 5.91 Å². The Bertz CT molecular complexity index is 586. The van der Waals surface area contributed by atoms with Crippen LogP contribution >= 0.6 is 11.6 Å². The number of hydrogen-bond donors (Lipinski definition) is 2. The topological polar surface area (TPSA) is 70.7 Å². The van der Waals surface area contributed by atoms with Crippen molar-refractivity contribution in [2.24, 2.45) is 22.6 Å². The zero-order valence-corrected chi connectivity index (χ0v) is 15.3. The second-order valence-corrected chi connectivity index (χ2v) is 6.78. The maximum absolute atomic E-state index is 12.1. The third-order valence-corrected chi connectivity index (χ3v) is 4.78. The first kappa shape index (κ1) is 19.5. The number of amidine groups is 1. The van der Waals surface area contributed by atoms with Gasteiger partial charge in [-0.25, -0.2) is 0 Å². The smallest absolute Gasteiger partial charge is 0.228 e. The van der Waals surface area contributed by atoms with Gasteiger partial charge >= 0.3 is 0 Å². The molecule has 1 atom stereocenters. The van der Waals surface area contributed by atoms with Crippen molar-refractivity contribution < 1.29 is 4.79 Å². The van der Waals surface area contributed by atoms with E-state index in [0.717, 1.165) is 32.5 Å². The first-order valence-corrected chi connectivity index (χ1v) is 9.11. The quantitative estimate of drug-likeness (QED) is 0.682. The summed E-state index contributed by atoms with van der Waals surface area (Å²) < 4.78 is 0. The summed E-state index contributed by atoms with van der Waals surface area (Å²) >= 11 is 5.88. The predicted octanol–water partition coefficient (Wildman–Crippen LogP) is 2.22. The summed E-state index contributed by atoms with van der Waals surface area (Å²) in [6.07, 6.45) is 13.5. The SMILES string of the molecule is C=C/C(Cl)=C\C=C\C1CCN(CCNC(=O)C2C=CC(N)=NC2)CC1. The highest BCUT2D eigenvalue weighted by Crippen LogP contribution is 2.18. The molecule has 1 fully saturated rings. The van der Waals surface area contributed by atoms with Gasteiger partial charge < -0.3 is 16.0 Å². The minimum Gasteiger partial charge on any atom is -0.384 e. The van der Waals surface area contributed by atoms with Crippen LogP contribution in [0.15, 0.2) is 53.1 Å². The van der Waals surface area contributed by atoms with Crippen LogP contribution in [0.2, 0.25) is 0 Å². The van der Waals surface area contributed by atoms with E-state index < -0.39 is 0 Å². The maximum Gasteiger partial charge on any atom is 0.228 e. The number of dihydropyridines is 1. The zero-order chi connectivity index (χ0) is 18.1. The summed E-state index contributed by atoms with van der Waals surface area (Å²) in [5, 5.41) is 3.65. The number of piperidine rings is 1. The zero-order valence-electron chi connectivity index (χ0n) is 14.5. The number of halogens is 1. The predicted molar refractivity (Wildman–Crippen MR) is 105 cm³/mol. The monoisotopic (exact) mass is 362 g/mol. The number of hydrogen-bond acceptors (Lipinski definition) is 4. The second kappa shape index (κ2) is 10.2. The molecule has 0 radical (unpaired) electrons. The third-order valence-electron chi connectivity index (χ3n) is 4.50. The van der Waals surface area contributed by atoms with Crippen LogP contribution in [0.5, 0.6) is 0 Å². The molecule has 0 saturated carbocycles. The Kier molecular flexibility index (Phi) is 7.95. The highest BCUT2D eigenvalue weighted by atomic mass is 35.5. The van der Waals surface area contributed by atoms with E-state index in [0.29, 0.717) is 29.9 Å². The molecule has 1 amide bonds. The molecule has 1 saturated heterocycles. The molecule has 0 aromatic rings. The molecule has 0 bridgehead atoms. The van der Waals surface area contributed by atoms with E-state index in [1.165, 1.54) is 0 Å². The van der Waals surface area contributed by atoms with Crippen LogP contribution in [-0.2, 0) is 4.79 Å². The van der Waals surface area contributed by atoms with E-state index in [9.17, 15) is 4.79 Å². The number of amides is 1. The Balaban J connectivity index is 1.62. The molecular formula is C19H27ClN4O. The Morgan fingerprint density at radius 3 is 2.88 bits per heavy atom. The second-order valence-electron chi connectivity index (χ2n) is 6.34. The normalized spacial score (nSPS) is 22.8. The number of allylic oxidation sites excluding steroid dienone is 5. The average molecular weight is 363 g/mol. The lowest BCUT2D eigenvalue weighted by Crippen LogP contribution is -2.41. The van der Waals surface area contributed by atoms with Gasteiger partial charge in [-0.05, 0) is 44.0 Å². The van der Waals surface area contributed by atoms with Crippen LogP contribution in [0.4, 0.5) is 0 Å². The fourth-order valence-corrected chi connectivity index (χ4v) is 2.99. The van der Waals surface area contributed by atoms with Crippen molar-refractivity contribution in [2.45, 2.75) is 12.8 Å². The van der Waals surface area contributed by atoms with E-state index in [2.05, 4.69) is 27.9 Å². The summed E-state index contributed by atoms with van der Waals surface area (Å²) in [5.74, 6) is 0.908. The maximum atomic E-state index is 12.1.